The summed E-state index contributed by atoms with van der Waals surface area (Å²) in [6.07, 6.45) is 11.8. The second kappa shape index (κ2) is 7.02. The van der Waals surface area contributed by atoms with Crippen LogP contribution in [0.25, 0.3) is 28.3 Å². The highest BCUT2D eigenvalue weighted by molar-refractivity contribution is 7.90. The van der Waals surface area contributed by atoms with E-state index in [1.807, 2.05) is 12.3 Å². The smallest absolute Gasteiger partial charge is 0.341 e. The van der Waals surface area contributed by atoms with Crippen LogP contribution in [0.2, 0.25) is 0 Å². The van der Waals surface area contributed by atoms with Crippen LogP contribution in [0.4, 0.5) is 13.2 Å². The number of hydrogen-bond donors (Lipinski definition) is 0. The van der Waals surface area contributed by atoms with E-state index in [0.717, 1.165) is 5.56 Å². The van der Waals surface area contributed by atoms with Gasteiger partial charge >= 0.3 is 15.5 Å². The summed E-state index contributed by atoms with van der Waals surface area (Å²) >= 11 is 0. The van der Waals surface area contributed by atoms with Crippen molar-refractivity contribution in [1.82, 2.24) is 33.0 Å². The Hall–Kier alpha value is -3.45. The first kappa shape index (κ1) is 21.4. The predicted molar refractivity (Wildman–Crippen MR) is 113 cm³/mol. The Labute approximate surface area is 186 Å². The molecule has 5 heterocycles. The Morgan fingerprint density at radius 2 is 1.94 bits per heavy atom. The number of nitrogens with zero attached hydrogens (tertiary/aromatic N) is 7. The fourth-order valence-electron chi connectivity index (χ4n) is 3.91. The van der Waals surface area contributed by atoms with Crippen LogP contribution in [0.3, 0.4) is 0 Å². The van der Waals surface area contributed by atoms with Gasteiger partial charge in [0.15, 0.2) is 0 Å². The van der Waals surface area contributed by atoms with Crippen LogP contribution in [-0.4, -0.2) is 60.0 Å². The van der Waals surface area contributed by atoms with Crippen molar-refractivity contribution in [1.29, 1.82) is 0 Å². The fraction of sp³-hybridized carbons (Fsp3) is 0.250. The Balaban J connectivity index is 1.52. The van der Waals surface area contributed by atoms with Crippen molar-refractivity contribution < 1.29 is 21.6 Å². The highest BCUT2D eigenvalue weighted by atomic mass is 32.2. The molecule has 13 heteroatoms. The second-order valence-electron chi connectivity index (χ2n) is 7.86. The van der Waals surface area contributed by atoms with Gasteiger partial charge in [-0.15, -0.1) is 6.58 Å². The van der Waals surface area contributed by atoms with Gasteiger partial charge < -0.3 is 4.57 Å². The summed E-state index contributed by atoms with van der Waals surface area (Å²) in [5.74, 6) is 0.570. The van der Waals surface area contributed by atoms with Crippen molar-refractivity contribution >= 4 is 15.7 Å². The molecule has 0 saturated carbocycles. The minimum Gasteiger partial charge on any atom is -0.341 e. The number of aryl methyl sites for hydroxylation is 1. The molecule has 0 aliphatic carbocycles. The lowest BCUT2D eigenvalue weighted by atomic mass is 9.92. The molecular formula is C20H18F3N7O2S. The summed E-state index contributed by atoms with van der Waals surface area (Å²) in [5, 5.41) is 4.17. The Bertz CT molecular complexity index is 1480. The summed E-state index contributed by atoms with van der Waals surface area (Å²) in [4.78, 5) is 9.10. The van der Waals surface area contributed by atoms with Crippen LogP contribution in [0.1, 0.15) is 0 Å². The van der Waals surface area contributed by atoms with Crippen LogP contribution in [0, 0.1) is 0 Å². The molecule has 4 aromatic rings. The average Bonchev–Trinajstić information content (AvgIpc) is 3.46. The maximum absolute atomic E-state index is 12.9. The van der Waals surface area contributed by atoms with Crippen LogP contribution in [0.5, 0.6) is 0 Å². The van der Waals surface area contributed by atoms with Gasteiger partial charge in [0, 0.05) is 68.3 Å². The lowest BCUT2D eigenvalue weighted by Gasteiger charge is -2.48. The van der Waals surface area contributed by atoms with Crippen molar-refractivity contribution in [3.05, 3.63) is 62.0 Å². The topological polar surface area (TPSA) is 90.3 Å². The van der Waals surface area contributed by atoms with E-state index in [2.05, 4.69) is 16.7 Å². The van der Waals surface area contributed by atoms with E-state index in [4.69, 9.17) is 4.98 Å². The van der Waals surface area contributed by atoms with Gasteiger partial charge in [0.05, 0.1) is 17.4 Å². The van der Waals surface area contributed by atoms with E-state index < -0.39 is 21.1 Å². The van der Waals surface area contributed by atoms with Gasteiger partial charge in [-0.05, 0) is 6.07 Å². The van der Waals surface area contributed by atoms with E-state index in [1.165, 1.54) is 6.08 Å². The highest BCUT2D eigenvalue weighted by Crippen LogP contribution is 2.39. The first-order valence-corrected chi connectivity index (χ1v) is 11.2. The van der Waals surface area contributed by atoms with E-state index in [1.54, 1.807) is 57.7 Å². The van der Waals surface area contributed by atoms with Crippen LogP contribution in [0.15, 0.2) is 62.0 Å². The van der Waals surface area contributed by atoms with Gasteiger partial charge in [0.25, 0.3) is 0 Å². The quantitative estimate of drug-likeness (QED) is 0.412. The zero-order valence-corrected chi connectivity index (χ0v) is 18.1. The summed E-state index contributed by atoms with van der Waals surface area (Å²) in [6.45, 7) is 3.00. The third-order valence-electron chi connectivity index (χ3n) is 5.77. The van der Waals surface area contributed by atoms with Crippen molar-refractivity contribution in [3.63, 3.8) is 0 Å². The molecule has 1 fully saturated rings. The number of rotatable bonds is 5. The minimum absolute atomic E-state index is 0.365. The number of fused-ring (bicyclic) bond motifs is 1. The van der Waals surface area contributed by atoms with Crippen molar-refractivity contribution in [2.24, 2.45) is 7.05 Å². The Morgan fingerprint density at radius 1 is 1.18 bits per heavy atom. The molecule has 0 radical (unpaired) electrons. The van der Waals surface area contributed by atoms with Gasteiger partial charge in [0.2, 0.25) is 0 Å². The van der Waals surface area contributed by atoms with Gasteiger partial charge in [-0.3, -0.25) is 9.08 Å². The van der Waals surface area contributed by atoms with Crippen LogP contribution in [-0.2, 0) is 22.6 Å². The summed E-state index contributed by atoms with van der Waals surface area (Å²) in [6, 6.07) is 3.59. The third-order valence-corrected chi connectivity index (χ3v) is 7.29. The maximum Gasteiger partial charge on any atom is 0.511 e. The molecule has 0 bridgehead atoms. The molecule has 0 N–H and O–H groups in total. The molecule has 9 nitrogen and oxygen atoms in total. The Morgan fingerprint density at radius 3 is 2.58 bits per heavy atom. The SMILES string of the molecule is C=CC1(n2ccc(-c3nc(-c4cnn(C)c4)cc4nccn34)c2)CN(S(=O)(=O)C(F)(F)F)C1. The standard InChI is InChI=1S/C20H18F3N7O2S/c1-3-19(12-29(13-19)33(31,32)20(21,22)23)28-6-4-14(11-28)18-26-16(15-9-25-27(2)10-15)8-17-24-5-7-30(17)18/h3-11H,1,12-13H2,2H3. The molecule has 0 aromatic carbocycles. The number of sulfonamides is 1. The monoisotopic (exact) mass is 477 g/mol. The molecule has 0 unspecified atom stereocenters. The lowest BCUT2D eigenvalue weighted by molar-refractivity contribution is -0.0540. The van der Waals surface area contributed by atoms with Crippen molar-refractivity contribution in [2.75, 3.05) is 13.1 Å². The molecular weight excluding hydrogens is 459 g/mol. The normalized spacial score (nSPS) is 16.7. The van der Waals surface area contributed by atoms with Crippen molar-refractivity contribution in [3.8, 4) is 22.6 Å². The first-order chi connectivity index (χ1) is 15.5. The number of alkyl halides is 3. The van der Waals surface area contributed by atoms with E-state index in [9.17, 15) is 21.6 Å². The zero-order valence-electron chi connectivity index (χ0n) is 17.3. The third kappa shape index (κ3) is 3.26. The molecule has 33 heavy (non-hydrogen) atoms. The molecule has 1 saturated heterocycles. The van der Waals surface area contributed by atoms with Crippen molar-refractivity contribution in [2.45, 2.75) is 11.0 Å². The Kier molecular flexibility index (Phi) is 4.55. The number of hydrogen-bond acceptors (Lipinski definition) is 5. The average molecular weight is 477 g/mol. The molecule has 5 rings (SSSR count). The number of aromatic nitrogens is 6. The highest BCUT2D eigenvalue weighted by Gasteiger charge is 2.57. The molecule has 0 spiro atoms. The molecule has 1 aliphatic heterocycles. The number of imidazole rings is 1. The molecule has 0 atom stereocenters. The van der Waals surface area contributed by atoms with Gasteiger partial charge in [-0.1, -0.05) is 6.08 Å². The lowest BCUT2D eigenvalue weighted by Crippen LogP contribution is -2.64. The van der Waals surface area contributed by atoms with E-state index >= 15 is 0 Å². The first-order valence-electron chi connectivity index (χ1n) is 9.76. The molecule has 1 aliphatic rings. The molecule has 4 aromatic heterocycles. The zero-order chi connectivity index (χ0) is 23.6. The maximum atomic E-state index is 12.9. The molecule has 172 valence electrons. The van der Waals surface area contributed by atoms with Gasteiger partial charge in [0.1, 0.15) is 11.5 Å². The predicted octanol–water partition coefficient (Wildman–Crippen LogP) is 2.64. The van der Waals surface area contributed by atoms with E-state index in [0.29, 0.717) is 27.0 Å². The van der Waals surface area contributed by atoms with Crippen LogP contribution < -0.4 is 0 Å². The largest absolute Gasteiger partial charge is 0.511 e. The van der Waals surface area contributed by atoms with E-state index in [-0.39, 0.29) is 13.1 Å². The van der Waals surface area contributed by atoms with Crippen LogP contribution >= 0.6 is 0 Å². The number of halogens is 3. The van der Waals surface area contributed by atoms with Gasteiger partial charge in [-0.25, -0.2) is 18.4 Å². The summed E-state index contributed by atoms with van der Waals surface area (Å²) in [5.41, 5.74) is -3.53. The van der Waals surface area contributed by atoms with Gasteiger partial charge in [-0.2, -0.15) is 22.6 Å². The fourth-order valence-corrected chi connectivity index (χ4v) is 4.99. The minimum atomic E-state index is -5.39. The summed E-state index contributed by atoms with van der Waals surface area (Å²) in [7, 11) is -3.59. The molecule has 0 amide bonds. The summed E-state index contributed by atoms with van der Waals surface area (Å²) < 4.78 is 67.7. The second-order valence-corrected chi connectivity index (χ2v) is 9.79.